The number of anilines is 1. The summed E-state index contributed by atoms with van der Waals surface area (Å²) < 4.78 is 6.13. The Morgan fingerprint density at radius 2 is 2.24 bits per heavy atom. The molecule has 0 spiro atoms. The molecule has 21 heavy (non-hydrogen) atoms. The van der Waals surface area contributed by atoms with Crippen LogP contribution in [0.5, 0.6) is 0 Å². The van der Waals surface area contributed by atoms with Gasteiger partial charge >= 0.3 is 6.09 Å². The summed E-state index contributed by atoms with van der Waals surface area (Å²) in [5.74, 6) is 0. The van der Waals surface area contributed by atoms with Crippen LogP contribution in [0.4, 0.5) is 10.5 Å². The first-order valence-corrected chi connectivity index (χ1v) is 7.97. The van der Waals surface area contributed by atoms with Gasteiger partial charge in [0.15, 0.2) is 0 Å². The molecule has 1 aromatic rings. The number of amides is 1. The Morgan fingerprint density at radius 3 is 2.86 bits per heavy atom. The quantitative estimate of drug-likeness (QED) is 0.857. The molecule has 1 aliphatic rings. The minimum atomic E-state index is -0.486. The first-order chi connectivity index (χ1) is 9.76. The second kappa shape index (κ2) is 6.40. The van der Waals surface area contributed by atoms with Crippen LogP contribution in [0, 0.1) is 0 Å². The normalized spacial score (nSPS) is 18.7. The molecule has 1 aromatic heterocycles. The van der Waals surface area contributed by atoms with E-state index in [1.807, 2.05) is 20.8 Å². The number of ether oxygens (including phenoxy) is 1. The summed E-state index contributed by atoms with van der Waals surface area (Å²) in [6.07, 6.45) is 3.81. The van der Waals surface area contributed by atoms with Crippen LogP contribution in [-0.4, -0.2) is 35.8 Å². The van der Waals surface area contributed by atoms with E-state index in [0.29, 0.717) is 11.6 Å². The molecule has 1 saturated heterocycles. The Morgan fingerprint density at radius 1 is 1.52 bits per heavy atom. The minimum Gasteiger partial charge on any atom is -0.444 e. The average molecular weight is 377 g/mol. The van der Waals surface area contributed by atoms with Crippen LogP contribution in [-0.2, 0) is 4.74 Å². The monoisotopic (exact) mass is 375 g/mol. The van der Waals surface area contributed by atoms with E-state index in [2.05, 4.69) is 31.1 Å². The van der Waals surface area contributed by atoms with Crippen molar-refractivity contribution in [2.75, 3.05) is 18.0 Å². The zero-order valence-corrected chi connectivity index (χ0v) is 14.7. The minimum absolute atomic E-state index is 0.0518. The van der Waals surface area contributed by atoms with E-state index in [1.165, 1.54) is 0 Å². The van der Waals surface area contributed by atoms with Crippen molar-refractivity contribution < 1.29 is 9.53 Å². The van der Waals surface area contributed by atoms with Crippen molar-refractivity contribution in [2.45, 2.75) is 38.8 Å². The van der Waals surface area contributed by atoms with E-state index in [9.17, 15) is 4.79 Å². The van der Waals surface area contributed by atoms with E-state index >= 15 is 0 Å². The zero-order chi connectivity index (χ0) is 15.6. The highest BCUT2D eigenvalue weighted by atomic mass is 79.9. The Bertz CT molecular complexity index is 513. The van der Waals surface area contributed by atoms with E-state index in [-0.39, 0.29) is 12.1 Å². The maximum absolute atomic E-state index is 11.8. The van der Waals surface area contributed by atoms with Crippen LogP contribution < -0.4 is 10.2 Å². The number of nitrogens with one attached hydrogen (secondary N) is 1. The molecular weight excluding hydrogens is 358 g/mol. The van der Waals surface area contributed by atoms with Crippen LogP contribution in [0.1, 0.15) is 27.2 Å². The fraction of sp³-hybridized carbons (Fsp3) is 0.571. The van der Waals surface area contributed by atoms with Gasteiger partial charge in [0, 0.05) is 25.5 Å². The zero-order valence-electron chi connectivity index (χ0n) is 12.3. The van der Waals surface area contributed by atoms with Gasteiger partial charge in [-0.15, -0.1) is 0 Å². The molecule has 116 valence electrons. The lowest BCUT2D eigenvalue weighted by Crippen LogP contribution is -2.40. The van der Waals surface area contributed by atoms with Crippen LogP contribution in [0.2, 0.25) is 5.02 Å². The van der Waals surface area contributed by atoms with Gasteiger partial charge in [-0.1, -0.05) is 11.6 Å². The Balaban J connectivity index is 1.97. The molecule has 1 N–H and O–H groups in total. The number of halogens is 2. The summed E-state index contributed by atoms with van der Waals surface area (Å²) in [5.41, 5.74) is 0.431. The summed E-state index contributed by atoms with van der Waals surface area (Å²) in [6, 6.07) is 0.0518. The smallest absolute Gasteiger partial charge is 0.407 e. The van der Waals surface area contributed by atoms with Crippen molar-refractivity contribution in [1.82, 2.24) is 10.3 Å². The first kappa shape index (κ1) is 16.4. The Kier molecular flexibility index (Phi) is 4.99. The topological polar surface area (TPSA) is 54.5 Å². The molecule has 1 unspecified atom stereocenters. The average Bonchev–Trinajstić information content (AvgIpc) is 2.74. The lowest BCUT2D eigenvalue weighted by atomic mass is 10.2. The van der Waals surface area contributed by atoms with E-state index in [1.54, 1.807) is 12.4 Å². The standard InChI is InChI=1S/C14H19BrClN3O2/c1-14(2,3)21-13(20)18-9-4-5-19(8-9)12-10(15)6-17-7-11(12)16/h6-7,9H,4-5,8H2,1-3H3,(H,18,20). The van der Waals surface area contributed by atoms with Crippen molar-refractivity contribution in [3.05, 3.63) is 21.9 Å². The van der Waals surface area contributed by atoms with Crippen molar-refractivity contribution in [3.8, 4) is 0 Å². The SMILES string of the molecule is CC(C)(C)OC(=O)NC1CCN(c2c(Cl)cncc2Br)C1. The fourth-order valence-electron chi connectivity index (χ4n) is 2.26. The summed E-state index contributed by atoms with van der Waals surface area (Å²) in [4.78, 5) is 18.0. The molecule has 0 aliphatic carbocycles. The van der Waals surface area contributed by atoms with Gasteiger partial charge in [-0.25, -0.2) is 4.79 Å². The molecule has 0 aromatic carbocycles. The molecule has 2 heterocycles. The maximum Gasteiger partial charge on any atom is 0.407 e. The Labute approximate surface area is 138 Å². The van der Waals surface area contributed by atoms with E-state index < -0.39 is 5.60 Å². The van der Waals surface area contributed by atoms with Crippen molar-refractivity contribution in [3.63, 3.8) is 0 Å². The third-order valence-corrected chi connectivity index (χ3v) is 3.91. The first-order valence-electron chi connectivity index (χ1n) is 6.80. The summed E-state index contributed by atoms with van der Waals surface area (Å²) in [7, 11) is 0. The molecule has 0 saturated carbocycles. The van der Waals surface area contributed by atoms with Crippen LogP contribution in [0.15, 0.2) is 16.9 Å². The largest absolute Gasteiger partial charge is 0.444 e. The molecular formula is C14H19BrClN3O2. The molecule has 1 fully saturated rings. The van der Waals surface area contributed by atoms with Gasteiger partial charge in [0.1, 0.15) is 5.60 Å². The van der Waals surface area contributed by atoms with Gasteiger partial charge in [-0.2, -0.15) is 0 Å². The number of aromatic nitrogens is 1. The summed E-state index contributed by atoms with van der Waals surface area (Å²) in [6.45, 7) is 7.06. The molecule has 5 nitrogen and oxygen atoms in total. The maximum atomic E-state index is 11.8. The second-order valence-corrected chi connectivity index (χ2v) is 7.29. The third kappa shape index (κ3) is 4.48. The van der Waals surface area contributed by atoms with Crippen molar-refractivity contribution in [2.24, 2.45) is 0 Å². The van der Waals surface area contributed by atoms with Gasteiger partial charge < -0.3 is 15.0 Å². The van der Waals surface area contributed by atoms with Crippen LogP contribution in [0.25, 0.3) is 0 Å². The van der Waals surface area contributed by atoms with Gasteiger partial charge in [0.2, 0.25) is 0 Å². The molecule has 1 aliphatic heterocycles. The van der Waals surface area contributed by atoms with Crippen molar-refractivity contribution in [1.29, 1.82) is 0 Å². The lowest BCUT2D eigenvalue weighted by molar-refractivity contribution is 0.0509. The Hall–Kier alpha value is -1.01. The number of carbonyl (C=O) groups is 1. The van der Waals surface area contributed by atoms with Crippen molar-refractivity contribution >= 4 is 39.3 Å². The number of alkyl carbamates (subject to hydrolysis) is 1. The predicted octanol–water partition coefficient (Wildman–Crippen LogP) is 3.60. The molecule has 1 atom stereocenters. The van der Waals surface area contributed by atoms with E-state index in [4.69, 9.17) is 16.3 Å². The highest BCUT2D eigenvalue weighted by molar-refractivity contribution is 9.10. The summed E-state index contributed by atoms with van der Waals surface area (Å²) in [5, 5.41) is 3.50. The van der Waals surface area contributed by atoms with Gasteiger partial charge in [-0.05, 0) is 43.1 Å². The van der Waals surface area contributed by atoms with Crippen LogP contribution in [0.3, 0.4) is 0 Å². The van der Waals surface area contributed by atoms with Gasteiger partial charge in [0.25, 0.3) is 0 Å². The van der Waals surface area contributed by atoms with Crippen LogP contribution >= 0.6 is 27.5 Å². The molecule has 0 radical (unpaired) electrons. The molecule has 7 heteroatoms. The van der Waals surface area contributed by atoms with E-state index in [0.717, 1.165) is 23.1 Å². The lowest BCUT2D eigenvalue weighted by Gasteiger charge is -2.23. The molecule has 0 bridgehead atoms. The van der Waals surface area contributed by atoms with Gasteiger partial charge in [0.05, 0.1) is 21.2 Å². The third-order valence-electron chi connectivity index (χ3n) is 3.05. The number of rotatable bonds is 2. The second-order valence-electron chi connectivity index (χ2n) is 6.03. The highest BCUT2D eigenvalue weighted by Gasteiger charge is 2.28. The number of hydrogen-bond acceptors (Lipinski definition) is 4. The fourth-order valence-corrected chi connectivity index (χ4v) is 3.24. The number of pyridine rings is 1. The highest BCUT2D eigenvalue weighted by Crippen LogP contribution is 2.34. The molecule has 2 rings (SSSR count). The predicted molar refractivity (Wildman–Crippen MR) is 86.9 cm³/mol. The molecule has 1 amide bonds. The summed E-state index contributed by atoms with van der Waals surface area (Å²) >= 11 is 9.67. The van der Waals surface area contributed by atoms with Gasteiger partial charge in [-0.3, -0.25) is 4.98 Å². The number of nitrogens with zero attached hydrogens (tertiary/aromatic N) is 2. The number of carbonyl (C=O) groups excluding carboxylic acids is 1. The number of hydrogen-bond donors (Lipinski definition) is 1.